The Hall–Kier alpha value is -3.03. The Kier molecular flexibility index (Phi) is 5.40. The molecule has 30 heavy (non-hydrogen) atoms. The lowest BCUT2D eigenvalue weighted by Gasteiger charge is -2.33. The third-order valence-electron chi connectivity index (χ3n) is 6.04. The zero-order valence-electron chi connectivity index (χ0n) is 16.6. The first kappa shape index (κ1) is 20.3. The quantitative estimate of drug-likeness (QED) is 0.580. The van der Waals surface area contributed by atoms with Crippen LogP contribution in [0.3, 0.4) is 0 Å². The third-order valence-corrected chi connectivity index (χ3v) is 6.04. The van der Waals surface area contributed by atoms with Crippen molar-refractivity contribution in [2.75, 3.05) is 18.0 Å². The number of carbonyl (C=O) groups excluding carboxylic acids is 1. The molecule has 4 rings (SSSR count). The summed E-state index contributed by atoms with van der Waals surface area (Å²) in [7, 11) is 0. The van der Waals surface area contributed by atoms with Gasteiger partial charge in [0.1, 0.15) is 11.6 Å². The lowest BCUT2D eigenvalue weighted by molar-refractivity contribution is -0.384. The number of hydrogen-bond donors (Lipinski definition) is 1. The molecule has 1 heterocycles. The van der Waals surface area contributed by atoms with Gasteiger partial charge in [-0.05, 0) is 43.4 Å². The molecule has 1 saturated carbocycles. The zero-order valence-corrected chi connectivity index (χ0v) is 16.6. The number of piperidine rings is 1. The van der Waals surface area contributed by atoms with Gasteiger partial charge in [-0.2, -0.15) is 0 Å². The number of rotatable bonds is 5. The van der Waals surface area contributed by atoms with Gasteiger partial charge in [0.15, 0.2) is 0 Å². The van der Waals surface area contributed by atoms with E-state index in [4.69, 9.17) is 0 Å². The maximum absolute atomic E-state index is 14.0. The summed E-state index contributed by atoms with van der Waals surface area (Å²) in [5, 5.41) is 14.0. The number of amides is 1. The van der Waals surface area contributed by atoms with Gasteiger partial charge in [-0.15, -0.1) is 0 Å². The van der Waals surface area contributed by atoms with Crippen LogP contribution < -0.4 is 10.2 Å². The number of hydrogen-bond acceptors (Lipinski definition) is 4. The molecule has 1 amide bonds. The minimum absolute atomic E-state index is 0.0212. The predicted octanol–water partition coefficient (Wildman–Crippen LogP) is 4.40. The van der Waals surface area contributed by atoms with E-state index in [9.17, 15) is 23.7 Å². The van der Waals surface area contributed by atoms with Gasteiger partial charge in [0.05, 0.1) is 16.2 Å². The Morgan fingerprint density at radius 1 is 1.17 bits per heavy atom. The van der Waals surface area contributed by atoms with Gasteiger partial charge < -0.3 is 10.2 Å². The van der Waals surface area contributed by atoms with E-state index in [1.54, 1.807) is 6.07 Å². The second-order valence-corrected chi connectivity index (χ2v) is 8.19. The smallest absolute Gasteiger partial charge is 0.270 e. The van der Waals surface area contributed by atoms with Gasteiger partial charge in [-0.25, -0.2) is 8.78 Å². The van der Waals surface area contributed by atoms with Crippen LogP contribution in [-0.2, 0) is 0 Å². The Bertz CT molecular complexity index is 969. The number of nitrogens with one attached hydrogen (secondary N) is 1. The fourth-order valence-electron chi connectivity index (χ4n) is 4.13. The minimum Gasteiger partial charge on any atom is -0.371 e. The number of carbonyl (C=O) groups is 1. The fraction of sp³-hybridized carbons (Fsp3) is 0.409. The Balaban J connectivity index is 1.56. The maximum Gasteiger partial charge on any atom is 0.270 e. The van der Waals surface area contributed by atoms with Crippen LogP contribution in [0, 0.1) is 27.7 Å². The van der Waals surface area contributed by atoms with E-state index in [2.05, 4.69) is 17.1 Å². The van der Waals surface area contributed by atoms with Crippen molar-refractivity contribution in [1.29, 1.82) is 0 Å². The number of non-ortho nitro benzene ring substituents is 1. The normalized spacial score (nSPS) is 21.4. The van der Waals surface area contributed by atoms with Crippen molar-refractivity contribution in [2.45, 2.75) is 38.1 Å². The highest BCUT2D eigenvalue weighted by Gasteiger charge is 2.43. The molecule has 2 atom stereocenters. The van der Waals surface area contributed by atoms with Crippen molar-refractivity contribution >= 4 is 17.3 Å². The Morgan fingerprint density at radius 3 is 2.47 bits per heavy atom. The molecule has 0 radical (unpaired) electrons. The molecule has 1 aliphatic heterocycles. The average Bonchev–Trinajstić information content (AvgIpc) is 3.46. The van der Waals surface area contributed by atoms with Gasteiger partial charge in [-0.3, -0.25) is 14.9 Å². The summed E-state index contributed by atoms with van der Waals surface area (Å²) in [5.41, 5.74) is 0.687. The molecule has 1 N–H and O–H groups in total. The Morgan fingerprint density at radius 2 is 1.83 bits per heavy atom. The maximum atomic E-state index is 14.0. The number of anilines is 1. The van der Waals surface area contributed by atoms with Crippen LogP contribution in [0.15, 0.2) is 36.4 Å². The molecule has 0 bridgehead atoms. The van der Waals surface area contributed by atoms with Crippen molar-refractivity contribution in [3.8, 4) is 0 Å². The first-order valence-electron chi connectivity index (χ1n) is 10.1. The number of nitro benzene ring substituents is 1. The van der Waals surface area contributed by atoms with E-state index in [1.165, 1.54) is 30.3 Å². The van der Waals surface area contributed by atoms with E-state index in [0.717, 1.165) is 25.9 Å². The van der Waals surface area contributed by atoms with Crippen LogP contribution in [0.25, 0.3) is 0 Å². The summed E-state index contributed by atoms with van der Waals surface area (Å²) >= 11 is 0. The molecular formula is C22H23F2N3O3. The number of nitrogens with zero attached hydrogens (tertiary/aromatic N) is 2. The van der Waals surface area contributed by atoms with E-state index in [-0.39, 0.29) is 16.8 Å². The van der Waals surface area contributed by atoms with Gasteiger partial charge in [-0.1, -0.05) is 13.0 Å². The molecule has 8 heteroatoms. The van der Waals surface area contributed by atoms with Crippen molar-refractivity contribution in [3.05, 3.63) is 69.3 Å². The van der Waals surface area contributed by atoms with Crippen molar-refractivity contribution < 1.29 is 18.5 Å². The number of halogens is 2. The van der Waals surface area contributed by atoms with Gasteiger partial charge in [0.2, 0.25) is 0 Å². The highest BCUT2D eigenvalue weighted by Crippen LogP contribution is 2.43. The van der Waals surface area contributed by atoms with Gasteiger partial charge >= 0.3 is 0 Å². The first-order valence-corrected chi connectivity index (χ1v) is 10.1. The topological polar surface area (TPSA) is 75.5 Å². The SMILES string of the molecule is CC1CCN(c2ccc([N+](=O)[O-])cc2C(=O)N[C@H]2C[C@H]2c2c(F)cccc2F)CC1. The Labute approximate surface area is 173 Å². The summed E-state index contributed by atoms with van der Waals surface area (Å²) in [6.45, 7) is 3.72. The van der Waals surface area contributed by atoms with Crippen LogP contribution in [0.5, 0.6) is 0 Å². The molecule has 0 aromatic heterocycles. The molecule has 0 spiro atoms. The van der Waals surface area contributed by atoms with E-state index in [0.29, 0.717) is 18.0 Å². The molecule has 1 aliphatic carbocycles. The molecule has 0 unspecified atom stereocenters. The van der Waals surface area contributed by atoms with Gasteiger partial charge in [0, 0.05) is 42.7 Å². The zero-order chi connectivity index (χ0) is 21.4. The van der Waals surface area contributed by atoms with Crippen molar-refractivity contribution in [3.63, 3.8) is 0 Å². The summed E-state index contributed by atoms with van der Waals surface area (Å²) < 4.78 is 28.0. The lowest BCUT2D eigenvalue weighted by atomic mass is 9.98. The summed E-state index contributed by atoms with van der Waals surface area (Å²) in [6.07, 6.45) is 2.39. The molecule has 2 aromatic rings. The predicted molar refractivity (Wildman–Crippen MR) is 109 cm³/mol. The van der Waals surface area contributed by atoms with E-state index >= 15 is 0 Å². The van der Waals surface area contributed by atoms with Crippen LogP contribution in [0.2, 0.25) is 0 Å². The highest BCUT2D eigenvalue weighted by atomic mass is 19.1. The van der Waals surface area contributed by atoms with Crippen molar-refractivity contribution in [1.82, 2.24) is 5.32 Å². The first-order chi connectivity index (χ1) is 14.3. The summed E-state index contributed by atoms with van der Waals surface area (Å²) in [5.74, 6) is -1.56. The molecule has 2 fully saturated rings. The molecular weight excluding hydrogens is 392 g/mol. The van der Waals surface area contributed by atoms with E-state index in [1.807, 2.05) is 0 Å². The summed E-state index contributed by atoms with van der Waals surface area (Å²) in [6, 6.07) is 7.60. The van der Waals surface area contributed by atoms with E-state index < -0.39 is 34.4 Å². The largest absolute Gasteiger partial charge is 0.371 e. The molecule has 2 aliphatic rings. The monoisotopic (exact) mass is 415 g/mol. The second kappa shape index (κ2) is 8.01. The van der Waals surface area contributed by atoms with Crippen molar-refractivity contribution in [2.24, 2.45) is 5.92 Å². The summed E-state index contributed by atoms with van der Waals surface area (Å²) in [4.78, 5) is 25.8. The fourth-order valence-corrected chi connectivity index (χ4v) is 4.13. The molecule has 158 valence electrons. The molecule has 1 saturated heterocycles. The van der Waals surface area contributed by atoms with Crippen LogP contribution in [-0.4, -0.2) is 30.0 Å². The van der Waals surface area contributed by atoms with Gasteiger partial charge in [0.25, 0.3) is 11.6 Å². The average molecular weight is 415 g/mol. The standard InChI is InChI=1S/C22H23F2N3O3/c1-13-7-9-26(10-8-13)20-6-5-14(27(29)30)11-16(20)22(28)25-19-12-15(19)21-17(23)3-2-4-18(21)24/h2-6,11,13,15,19H,7-10,12H2,1H3,(H,25,28)/t15-,19+/m1/s1. The van der Waals surface area contributed by atoms with Crippen LogP contribution >= 0.6 is 0 Å². The highest BCUT2D eigenvalue weighted by molar-refractivity contribution is 6.01. The lowest BCUT2D eigenvalue weighted by Crippen LogP contribution is -2.35. The second-order valence-electron chi connectivity index (χ2n) is 8.19. The van der Waals surface area contributed by atoms with Crippen LogP contribution in [0.4, 0.5) is 20.2 Å². The number of nitro groups is 1. The molecule has 2 aromatic carbocycles. The number of benzene rings is 2. The minimum atomic E-state index is -0.629. The van der Waals surface area contributed by atoms with Crippen LogP contribution in [0.1, 0.15) is 48.0 Å². The third kappa shape index (κ3) is 3.99. The molecule has 6 nitrogen and oxygen atoms in total.